The van der Waals surface area contributed by atoms with E-state index >= 15 is 0 Å². The number of methoxy groups -OCH3 is 1. The summed E-state index contributed by atoms with van der Waals surface area (Å²) in [7, 11) is 3.91. The maximum atomic E-state index is 14.4. The minimum absolute atomic E-state index is 0.0244. The molecule has 64 heavy (non-hydrogen) atoms. The zero-order valence-electron chi connectivity index (χ0n) is 37.4. The molecule has 5 aliphatic rings. The molecule has 1 aromatic carbocycles. The van der Waals surface area contributed by atoms with Gasteiger partial charge in [0.05, 0.1) is 52.2 Å². The van der Waals surface area contributed by atoms with Gasteiger partial charge in [0.15, 0.2) is 0 Å². The first-order chi connectivity index (χ1) is 30.9. The van der Waals surface area contributed by atoms with Crippen molar-refractivity contribution in [2.75, 3.05) is 58.4 Å². The number of fused-ring (bicyclic) bond motifs is 6. The first-order valence-corrected chi connectivity index (χ1v) is 23.7. The number of likely N-dealkylation sites (N-methyl/N-ethyl adjacent to an activating group) is 1. The Morgan fingerprint density at radius 1 is 1.08 bits per heavy atom. The molecular weight excluding hydrogens is 829 g/mol. The zero-order chi connectivity index (χ0) is 44.3. The van der Waals surface area contributed by atoms with Crippen molar-refractivity contribution >= 4 is 45.7 Å². The number of nitrogens with one attached hydrogen (secondary N) is 2. The quantitative estimate of drug-likeness (QED) is 0.199. The van der Waals surface area contributed by atoms with Crippen molar-refractivity contribution in [2.45, 2.75) is 96.4 Å². The van der Waals surface area contributed by atoms with Gasteiger partial charge in [0, 0.05) is 104 Å². The van der Waals surface area contributed by atoms with E-state index in [0.717, 1.165) is 95.5 Å². The fraction of sp³-hybridized carbons (Fsp3) is 0.521. The molecule has 8 heterocycles. The number of hydrogen-bond acceptors (Lipinski definition) is 13. The molecule has 10 rings (SSSR count). The molecule has 15 nitrogen and oxygen atoms in total. The number of esters is 1. The predicted molar refractivity (Wildman–Crippen MR) is 245 cm³/mol. The Bertz CT molecular complexity index is 2590. The van der Waals surface area contributed by atoms with Gasteiger partial charge in [-0.2, -0.15) is 0 Å². The second-order valence-corrected chi connectivity index (χ2v) is 20.1. The van der Waals surface area contributed by atoms with Crippen LogP contribution in [0.1, 0.15) is 86.0 Å². The summed E-state index contributed by atoms with van der Waals surface area (Å²) in [6, 6.07) is 7.13. The number of thiazole rings is 1. The Morgan fingerprint density at radius 3 is 2.72 bits per heavy atom. The maximum absolute atomic E-state index is 14.4. The lowest BCUT2D eigenvalue weighted by atomic mass is 9.84. The fourth-order valence-corrected chi connectivity index (χ4v) is 11.0. The highest BCUT2D eigenvalue weighted by Crippen LogP contribution is 2.47. The number of anilines is 1. The number of rotatable bonds is 7. The average molecular weight is 887 g/mol. The monoisotopic (exact) mass is 886 g/mol. The average Bonchev–Trinajstić information content (AvgIpc) is 3.89. The summed E-state index contributed by atoms with van der Waals surface area (Å²) in [4.78, 5) is 65.8. The van der Waals surface area contributed by atoms with Crippen LogP contribution in [0.5, 0.6) is 0 Å². The highest BCUT2D eigenvalue weighted by Gasteiger charge is 2.46. The zero-order valence-corrected chi connectivity index (χ0v) is 38.2. The van der Waals surface area contributed by atoms with E-state index in [-0.39, 0.29) is 42.8 Å². The van der Waals surface area contributed by atoms with Gasteiger partial charge in [0.1, 0.15) is 18.4 Å². The molecule has 3 fully saturated rings. The van der Waals surface area contributed by atoms with Crippen LogP contribution in [-0.4, -0.2) is 118 Å². The first kappa shape index (κ1) is 42.6. The van der Waals surface area contributed by atoms with Crippen LogP contribution in [0.25, 0.3) is 33.4 Å². The molecule has 16 heteroatoms. The molecule has 4 aliphatic heterocycles. The van der Waals surface area contributed by atoms with E-state index in [1.54, 1.807) is 13.3 Å². The molecule has 2 N–H and O–H groups in total. The smallest absolute Gasteiger partial charge is 0.324 e. The van der Waals surface area contributed by atoms with Gasteiger partial charge < -0.3 is 29.2 Å². The lowest BCUT2D eigenvalue weighted by molar-refractivity contribution is -0.155. The standard InChI is InChI=1S/C48H58N10O5S/c1-28(62-5)42-35(20-31(24-50-42)56-16-14-55(4)15-17-56)44-36-23-48(2,3)26-63-47(61)38-9-7-13-58(54-38)46(60)39(53-45(59)34-21-32(34)37-10-11-49-27-51-37)22-41-52-40(25-64-41)30-18-29-8-6-12-57(44)43(29)33(36)19-30/h10-11,18-20,24-25,27-28,32,34,38-39,54H,6-9,12-17,21-23,26H2,1-5H3,(H,53,59)/t28-,32-,34-,38-,39-/m0/s1. The topological polar surface area (TPSA) is 160 Å². The Kier molecular flexibility index (Phi) is 11.5. The van der Waals surface area contributed by atoms with Gasteiger partial charge in [-0.3, -0.25) is 24.4 Å². The van der Waals surface area contributed by atoms with Crippen molar-refractivity contribution in [1.29, 1.82) is 0 Å². The number of ether oxygens (including phenoxy) is 2. The number of aromatic nitrogens is 5. The fourth-order valence-electron chi connectivity index (χ4n) is 10.2. The van der Waals surface area contributed by atoms with Crippen molar-refractivity contribution in [3.63, 3.8) is 0 Å². The predicted octanol–water partition coefficient (Wildman–Crippen LogP) is 5.47. The van der Waals surface area contributed by atoms with Gasteiger partial charge in [-0.1, -0.05) is 13.8 Å². The van der Waals surface area contributed by atoms with Gasteiger partial charge in [0.25, 0.3) is 5.91 Å². The Hall–Kier alpha value is -5.29. The molecule has 4 aromatic heterocycles. The number of carbonyl (C=O) groups is 3. The van der Waals surface area contributed by atoms with Crippen LogP contribution in [-0.2, 0) is 49.7 Å². The highest BCUT2D eigenvalue weighted by molar-refractivity contribution is 7.10. The number of pyridine rings is 1. The number of cyclic esters (lactones) is 1. The molecular formula is C48H58N10O5S. The molecule has 2 amide bonds. The number of hydrogen-bond donors (Lipinski definition) is 2. The third kappa shape index (κ3) is 8.29. The van der Waals surface area contributed by atoms with Crippen LogP contribution >= 0.6 is 11.3 Å². The van der Waals surface area contributed by atoms with Crippen LogP contribution in [0.2, 0.25) is 0 Å². The van der Waals surface area contributed by atoms with E-state index in [0.29, 0.717) is 32.2 Å². The second-order valence-electron chi connectivity index (χ2n) is 19.1. The van der Waals surface area contributed by atoms with E-state index in [2.05, 4.69) is 86.5 Å². The summed E-state index contributed by atoms with van der Waals surface area (Å²) in [5.74, 6) is -1.21. The van der Waals surface area contributed by atoms with Crippen molar-refractivity contribution in [2.24, 2.45) is 11.3 Å². The van der Waals surface area contributed by atoms with Crippen LogP contribution in [0.3, 0.4) is 0 Å². The largest absolute Gasteiger partial charge is 0.464 e. The summed E-state index contributed by atoms with van der Waals surface area (Å²) in [6.07, 6.45) is 9.47. The molecule has 1 aliphatic carbocycles. The minimum Gasteiger partial charge on any atom is -0.464 e. The minimum atomic E-state index is -0.899. The summed E-state index contributed by atoms with van der Waals surface area (Å²) < 4.78 is 14.7. The Labute approximate surface area is 377 Å². The Balaban J connectivity index is 1.08. The third-order valence-corrected chi connectivity index (χ3v) is 14.8. The molecule has 2 saturated heterocycles. The van der Waals surface area contributed by atoms with Crippen molar-refractivity contribution < 1.29 is 23.9 Å². The van der Waals surface area contributed by atoms with Crippen molar-refractivity contribution in [3.8, 4) is 22.5 Å². The number of nitrogens with zero attached hydrogens (tertiary/aromatic N) is 8. The van der Waals surface area contributed by atoms with Crippen molar-refractivity contribution in [1.82, 2.24) is 45.2 Å². The molecule has 5 atom stereocenters. The molecule has 0 radical (unpaired) electrons. The van der Waals surface area contributed by atoms with Crippen LogP contribution in [0.15, 0.2) is 48.4 Å². The molecule has 5 aromatic rings. The van der Waals surface area contributed by atoms with Gasteiger partial charge in [-0.15, -0.1) is 11.3 Å². The number of aryl methyl sites for hydroxylation is 2. The number of piperazine rings is 1. The summed E-state index contributed by atoms with van der Waals surface area (Å²) in [5, 5.41) is 8.57. The van der Waals surface area contributed by atoms with Gasteiger partial charge >= 0.3 is 5.97 Å². The van der Waals surface area contributed by atoms with Gasteiger partial charge in [-0.05, 0) is 87.9 Å². The molecule has 336 valence electrons. The van der Waals surface area contributed by atoms with Crippen LogP contribution < -0.4 is 15.6 Å². The second kappa shape index (κ2) is 17.3. The molecule has 1 saturated carbocycles. The van der Waals surface area contributed by atoms with E-state index in [1.165, 1.54) is 39.3 Å². The maximum Gasteiger partial charge on any atom is 0.324 e. The normalized spacial score (nSPS) is 24.3. The molecule has 0 unspecified atom stereocenters. The highest BCUT2D eigenvalue weighted by atomic mass is 32.1. The summed E-state index contributed by atoms with van der Waals surface area (Å²) >= 11 is 1.50. The van der Waals surface area contributed by atoms with Gasteiger partial charge in [0.2, 0.25) is 5.91 Å². The third-order valence-electron chi connectivity index (χ3n) is 13.9. The van der Waals surface area contributed by atoms with E-state index in [1.807, 2.05) is 12.3 Å². The lowest BCUT2D eigenvalue weighted by Crippen LogP contribution is -2.60. The molecule has 0 spiro atoms. The number of benzene rings is 1. The van der Waals surface area contributed by atoms with Crippen LogP contribution in [0, 0.1) is 11.3 Å². The SMILES string of the molecule is CO[C@@H](C)c1ncc(N2CCN(C)CC2)cc1-c1c2c3cc(cc4c3n1CCC4)-c1csc(n1)C[C@H](NC(=O)[C@H]1C[C@@H]1c1ccncn1)C(=O)N1CCC[C@H](N1)C(=O)OCC(C)(C)C2. The molecule has 6 bridgehead atoms. The van der Waals surface area contributed by atoms with Gasteiger partial charge in [-0.25, -0.2) is 20.4 Å². The number of hydrazine groups is 1. The van der Waals surface area contributed by atoms with Crippen molar-refractivity contribution in [3.05, 3.63) is 75.9 Å². The van der Waals surface area contributed by atoms with E-state index < -0.39 is 23.5 Å². The summed E-state index contributed by atoms with van der Waals surface area (Å²) in [5.41, 5.74) is 13.3. The number of amides is 2. The van der Waals surface area contributed by atoms with E-state index in [9.17, 15) is 14.4 Å². The van der Waals surface area contributed by atoms with Crippen LogP contribution in [0.4, 0.5) is 5.69 Å². The van der Waals surface area contributed by atoms with E-state index in [4.69, 9.17) is 19.4 Å². The number of carbonyl (C=O) groups excluding carboxylic acids is 3. The summed E-state index contributed by atoms with van der Waals surface area (Å²) in [6.45, 7) is 11.6. The first-order valence-electron chi connectivity index (χ1n) is 22.8. The lowest BCUT2D eigenvalue weighted by Gasteiger charge is -2.35. The Morgan fingerprint density at radius 2 is 1.92 bits per heavy atom.